The van der Waals surface area contributed by atoms with Gasteiger partial charge >= 0.3 is 0 Å². The summed E-state index contributed by atoms with van der Waals surface area (Å²) in [6.07, 6.45) is 10.9. The molecule has 0 amide bonds. The smallest absolute Gasteiger partial charge is 0.159 e. The van der Waals surface area contributed by atoms with Crippen molar-refractivity contribution in [2.45, 2.75) is 51.8 Å². The van der Waals surface area contributed by atoms with E-state index in [1.165, 1.54) is 12.0 Å². The molecule has 2 aromatic heterocycles. The second-order valence-electron chi connectivity index (χ2n) is 6.61. The largest absolute Gasteiger partial charge is 0.367 e. The number of hydrogen-bond donors (Lipinski definition) is 0. The zero-order valence-electron chi connectivity index (χ0n) is 14.6. The quantitative estimate of drug-likeness (QED) is 0.815. The predicted molar refractivity (Wildman–Crippen MR) is 93.2 cm³/mol. The van der Waals surface area contributed by atoms with Crippen molar-refractivity contribution >= 4 is 0 Å². The van der Waals surface area contributed by atoms with Crippen LogP contribution in [-0.2, 0) is 23.4 Å². The molecule has 1 aliphatic rings. The molecule has 0 saturated carbocycles. The summed E-state index contributed by atoms with van der Waals surface area (Å²) in [6.45, 7) is 7.80. The Morgan fingerprint density at radius 3 is 2.42 bits per heavy atom. The lowest BCUT2D eigenvalue weighted by Crippen LogP contribution is -2.32. The Bertz CT molecular complexity index is 624. The lowest BCUT2D eigenvalue weighted by molar-refractivity contribution is -0.0761. The summed E-state index contributed by atoms with van der Waals surface area (Å²) < 4.78 is 5.93. The third-order valence-corrected chi connectivity index (χ3v) is 4.66. The van der Waals surface area contributed by atoms with E-state index in [9.17, 15) is 0 Å². The van der Waals surface area contributed by atoms with Crippen LogP contribution in [0.15, 0.2) is 36.9 Å². The summed E-state index contributed by atoms with van der Waals surface area (Å²) in [5.74, 6) is 0.808. The van der Waals surface area contributed by atoms with Crippen molar-refractivity contribution < 1.29 is 4.74 Å². The normalized spacial score (nSPS) is 21.1. The minimum absolute atomic E-state index is 0.321. The van der Waals surface area contributed by atoms with Gasteiger partial charge in [-0.2, -0.15) is 0 Å². The average molecular weight is 326 g/mol. The highest BCUT2D eigenvalue weighted by Crippen LogP contribution is 2.32. The topological polar surface area (TPSA) is 51.1 Å². The van der Waals surface area contributed by atoms with Crippen LogP contribution in [0.25, 0.3) is 0 Å². The van der Waals surface area contributed by atoms with E-state index in [4.69, 9.17) is 4.74 Å². The molecule has 0 bridgehead atoms. The molecule has 0 spiro atoms. The van der Waals surface area contributed by atoms with Crippen molar-refractivity contribution in [3.8, 4) is 0 Å². The second kappa shape index (κ2) is 7.81. The highest BCUT2D eigenvalue weighted by molar-refractivity contribution is 5.12. The van der Waals surface area contributed by atoms with Crippen LogP contribution in [0.1, 0.15) is 50.1 Å². The number of hydrogen-bond acceptors (Lipinski definition) is 5. The lowest BCUT2D eigenvalue weighted by Gasteiger charge is -2.32. The van der Waals surface area contributed by atoms with Gasteiger partial charge in [0.25, 0.3) is 0 Å². The first-order valence-corrected chi connectivity index (χ1v) is 8.76. The van der Waals surface area contributed by atoms with Crippen LogP contribution in [0.4, 0.5) is 0 Å². The highest BCUT2D eigenvalue weighted by atomic mass is 16.5. The van der Waals surface area contributed by atoms with E-state index in [-0.39, 0.29) is 5.60 Å². The van der Waals surface area contributed by atoms with Gasteiger partial charge in [0.15, 0.2) is 5.82 Å². The summed E-state index contributed by atoms with van der Waals surface area (Å²) in [4.78, 5) is 15.6. The molecule has 3 heterocycles. The Balaban J connectivity index is 1.64. The molecule has 1 aliphatic heterocycles. The Morgan fingerprint density at radius 1 is 1.08 bits per heavy atom. The van der Waals surface area contributed by atoms with Gasteiger partial charge in [-0.3, -0.25) is 9.88 Å². The van der Waals surface area contributed by atoms with Crippen LogP contribution in [0.3, 0.4) is 0 Å². The van der Waals surface area contributed by atoms with Gasteiger partial charge in [0, 0.05) is 50.0 Å². The maximum absolute atomic E-state index is 5.93. The summed E-state index contributed by atoms with van der Waals surface area (Å²) in [5.41, 5.74) is 2.08. The van der Waals surface area contributed by atoms with Crippen LogP contribution in [0.5, 0.6) is 0 Å². The van der Waals surface area contributed by atoms with E-state index in [1.54, 1.807) is 0 Å². The van der Waals surface area contributed by atoms with Gasteiger partial charge in [-0.15, -0.1) is 0 Å². The molecule has 0 aromatic carbocycles. The molecular formula is C19H26N4O. The summed E-state index contributed by atoms with van der Waals surface area (Å²) in [5, 5.41) is 0. The molecule has 5 nitrogen and oxygen atoms in total. The molecule has 1 atom stereocenters. The molecule has 0 radical (unpaired) electrons. The van der Waals surface area contributed by atoms with Crippen LogP contribution in [0, 0.1) is 0 Å². The van der Waals surface area contributed by atoms with Crippen LogP contribution < -0.4 is 0 Å². The second-order valence-corrected chi connectivity index (χ2v) is 6.61. The molecule has 1 fully saturated rings. The fourth-order valence-electron chi connectivity index (χ4n) is 3.10. The first kappa shape index (κ1) is 17.0. The van der Waals surface area contributed by atoms with Crippen LogP contribution in [-0.4, -0.2) is 33.0 Å². The number of ether oxygens (including phenoxy) is 1. The van der Waals surface area contributed by atoms with Crippen molar-refractivity contribution in [3.05, 3.63) is 53.9 Å². The lowest BCUT2D eigenvalue weighted by atomic mass is 9.95. The van der Waals surface area contributed by atoms with Crippen LogP contribution >= 0.6 is 0 Å². The molecular weight excluding hydrogens is 300 g/mol. The fourth-order valence-corrected chi connectivity index (χ4v) is 3.10. The third kappa shape index (κ3) is 4.16. The Kier molecular flexibility index (Phi) is 5.53. The monoisotopic (exact) mass is 326 g/mol. The highest BCUT2D eigenvalue weighted by Gasteiger charge is 2.32. The number of nitrogens with zero attached hydrogens (tertiary/aromatic N) is 4. The van der Waals surface area contributed by atoms with Crippen molar-refractivity contribution in [1.82, 2.24) is 19.9 Å². The van der Waals surface area contributed by atoms with Crippen molar-refractivity contribution in [2.24, 2.45) is 0 Å². The number of pyridine rings is 1. The Labute approximate surface area is 144 Å². The molecule has 0 unspecified atom stereocenters. The van der Waals surface area contributed by atoms with Crippen molar-refractivity contribution in [3.63, 3.8) is 0 Å². The average Bonchev–Trinajstić information content (AvgIpc) is 2.63. The molecule has 0 aliphatic carbocycles. The van der Waals surface area contributed by atoms with Gasteiger partial charge in [-0.25, -0.2) is 9.97 Å². The summed E-state index contributed by atoms with van der Waals surface area (Å²) >= 11 is 0. The summed E-state index contributed by atoms with van der Waals surface area (Å²) in [6, 6.07) is 4.12. The van der Waals surface area contributed by atoms with Crippen molar-refractivity contribution in [2.75, 3.05) is 13.2 Å². The molecule has 128 valence electrons. The van der Waals surface area contributed by atoms with E-state index in [0.717, 1.165) is 50.5 Å². The zero-order valence-corrected chi connectivity index (χ0v) is 14.6. The van der Waals surface area contributed by atoms with Gasteiger partial charge in [0.2, 0.25) is 0 Å². The van der Waals surface area contributed by atoms with Crippen LogP contribution in [0.2, 0.25) is 0 Å². The SMILES string of the molecule is CCN(Cc1ccncc1)Cc1cnc([C@@]2(C)CCCCO2)nc1. The van der Waals surface area contributed by atoms with E-state index < -0.39 is 0 Å². The molecule has 0 N–H and O–H groups in total. The zero-order chi connectivity index (χ0) is 16.8. The standard InChI is InChI=1S/C19H26N4O/c1-3-23(14-16-6-9-20-10-7-16)15-17-12-21-18(22-13-17)19(2)8-4-5-11-24-19/h6-7,9-10,12-13H,3-5,8,11,14-15H2,1-2H3/t19-/m1/s1. The van der Waals surface area contributed by atoms with Gasteiger partial charge in [0.1, 0.15) is 5.60 Å². The Hall–Kier alpha value is -1.85. The first-order valence-electron chi connectivity index (χ1n) is 8.76. The molecule has 2 aromatic rings. The predicted octanol–water partition coefficient (Wildman–Crippen LogP) is 3.31. The minimum Gasteiger partial charge on any atom is -0.367 e. The van der Waals surface area contributed by atoms with Crippen molar-refractivity contribution in [1.29, 1.82) is 0 Å². The molecule has 24 heavy (non-hydrogen) atoms. The molecule has 5 heteroatoms. The van der Waals surface area contributed by atoms with E-state index in [0.29, 0.717) is 0 Å². The first-order chi connectivity index (χ1) is 11.7. The maximum Gasteiger partial charge on any atom is 0.159 e. The maximum atomic E-state index is 5.93. The fraction of sp³-hybridized carbons (Fsp3) is 0.526. The molecule has 1 saturated heterocycles. The van der Waals surface area contributed by atoms with E-state index >= 15 is 0 Å². The van der Waals surface area contributed by atoms with Gasteiger partial charge in [-0.05, 0) is 50.4 Å². The molecule has 3 rings (SSSR count). The van der Waals surface area contributed by atoms with E-state index in [1.807, 2.05) is 24.8 Å². The van der Waals surface area contributed by atoms with E-state index in [2.05, 4.69) is 45.8 Å². The minimum atomic E-state index is -0.321. The van der Waals surface area contributed by atoms with Gasteiger partial charge < -0.3 is 4.74 Å². The Morgan fingerprint density at radius 2 is 1.79 bits per heavy atom. The number of rotatable bonds is 6. The van der Waals surface area contributed by atoms with Gasteiger partial charge in [-0.1, -0.05) is 6.92 Å². The number of aromatic nitrogens is 3. The van der Waals surface area contributed by atoms with Gasteiger partial charge in [0.05, 0.1) is 0 Å². The third-order valence-electron chi connectivity index (χ3n) is 4.66. The summed E-state index contributed by atoms with van der Waals surface area (Å²) in [7, 11) is 0.